The third-order valence-corrected chi connectivity index (χ3v) is 12.6. The number of sulfonamides is 1. The summed E-state index contributed by atoms with van der Waals surface area (Å²) in [6.45, 7) is 4.97. The second-order valence-corrected chi connectivity index (χ2v) is 15.3. The standard InChI is InChI=1S/C36H55N3O5S/c1-28-24-33(43-6)25-29(2)35(28)45(41,42)39-22-11-10-14-32(39)26-44-27-34(40)38(5)23-18-31-16-20-36(21-17-31,37(3)4)19-15-30-12-8-7-9-13-30/h7-9,12-13,24-25,31-32H,10-11,14-23,26-27H2,1-6H3. The molecule has 1 saturated carbocycles. The van der Waals surface area contributed by atoms with Crippen LogP contribution in [-0.4, -0.2) is 94.6 Å². The highest BCUT2D eigenvalue weighted by atomic mass is 32.2. The van der Waals surface area contributed by atoms with Crippen molar-refractivity contribution in [3.63, 3.8) is 0 Å². The molecule has 1 unspecified atom stereocenters. The molecule has 1 aliphatic heterocycles. The van der Waals surface area contributed by atoms with Crippen molar-refractivity contribution in [3.05, 3.63) is 59.2 Å². The van der Waals surface area contributed by atoms with Crippen molar-refractivity contribution in [1.82, 2.24) is 14.1 Å². The van der Waals surface area contributed by atoms with Crippen LogP contribution in [0.15, 0.2) is 47.4 Å². The van der Waals surface area contributed by atoms with E-state index >= 15 is 0 Å². The molecule has 2 aromatic rings. The fourth-order valence-electron chi connectivity index (χ4n) is 7.35. The van der Waals surface area contributed by atoms with Crippen LogP contribution in [0.3, 0.4) is 0 Å². The molecular weight excluding hydrogens is 586 g/mol. The third-order valence-electron chi connectivity index (χ3n) is 10.4. The van der Waals surface area contributed by atoms with Crippen LogP contribution in [0.5, 0.6) is 5.75 Å². The van der Waals surface area contributed by atoms with E-state index in [2.05, 4.69) is 49.3 Å². The lowest BCUT2D eigenvalue weighted by molar-refractivity contribution is -0.135. The van der Waals surface area contributed by atoms with E-state index in [-0.39, 0.29) is 30.7 Å². The first-order valence-electron chi connectivity index (χ1n) is 16.7. The zero-order valence-electron chi connectivity index (χ0n) is 28.4. The van der Waals surface area contributed by atoms with Gasteiger partial charge < -0.3 is 19.3 Å². The second kappa shape index (κ2) is 15.9. The number of carbonyl (C=O) groups excluding carboxylic acids is 1. The molecule has 0 aromatic heterocycles. The number of aryl methyl sites for hydroxylation is 3. The molecule has 1 saturated heterocycles. The molecule has 0 bridgehead atoms. The average molecular weight is 642 g/mol. The van der Waals surface area contributed by atoms with Gasteiger partial charge in [-0.15, -0.1) is 0 Å². The molecule has 2 fully saturated rings. The molecule has 4 rings (SSSR count). The fraction of sp³-hybridized carbons (Fsp3) is 0.639. The molecule has 250 valence electrons. The van der Waals surface area contributed by atoms with Gasteiger partial charge in [-0.2, -0.15) is 4.31 Å². The van der Waals surface area contributed by atoms with Crippen LogP contribution in [0.25, 0.3) is 0 Å². The molecule has 8 nitrogen and oxygen atoms in total. The van der Waals surface area contributed by atoms with E-state index in [0.717, 1.165) is 32.1 Å². The maximum atomic E-state index is 13.8. The lowest BCUT2D eigenvalue weighted by Gasteiger charge is -2.45. The van der Waals surface area contributed by atoms with Crippen LogP contribution in [0, 0.1) is 19.8 Å². The van der Waals surface area contributed by atoms with Gasteiger partial charge in [0.1, 0.15) is 12.4 Å². The van der Waals surface area contributed by atoms with Gasteiger partial charge >= 0.3 is 0 Å². The molecule has 1 amide bonds. The molecule has 9 heteroatoms. The highest BCUT2D eigenvalue weighted by molar-refractivity contribution is 7.89. The molecule has 45 heavy (non-hydrogen) atoms. The largest absolute Gasteiger partial charge is 0.497 e. The fourth-order valence-corrected chi connectivity index (χ4v) is 9.44. The van der Waals surface area contributed by atoms with Gasteiger partial charge in [-0.25, -0.2) is 8.42 Å². The summed E-state index contributed by atoms with van der Waals surface area (Å²) in [5.41, 5.74) is 2.99. The van der Waals surface area contributed by atoms with Gasteiger partial charge in [0.05, 0.1) is 18.6 Å². The molecule has 1 atom stereocenters. The number of benzene rings is 2. The quantitative estimate of drug-likeness (QED) is 0.258. The molecule has 1 aliphatic carbocycles. The van der Waals surface area contributed by atoms with Crippen LogP contribution in [0.2, 0.25) is 0 Å². The zero-order chi connectivity index (χ0) is 32.6. The highest BCUT2D eigenvalue weighted by Gasteiger charge is 2.37. The van der Waals surface area contributed by atoms with Crippen molar-refractivity contribution >= 4 is 15.9 Å². The third kappa shape index (κ3) is 8.88. The molecular formula is C36H55N3O5S. The van der Waals surface area contributed by atoms with E-state index in [1.54, 1.807) is 28.4 Å². The molecule has 2 aromatic carbocycles. The Morgan fingerprint density at radius 1 is 1.00 bits per heavy atom. The summed E-state index contributed by atoms with van der Waals surface area (Å²) >= 11 is 0. The Balaban J connectivity index is 1.23. The minimum absolute atomic E-state index is 0.0324. The summed E-state index contributed by atoms with van der Waals surface area (Å²) in [6, 6.07) is 14.0. The van der Waals surface area contributed by atoms with Gasteiger partial charge in [0.15, 0.2) is 0 Å². The predicted molar refractivity (Wildman–Crippen MR) is 180 cm³/mol. The highest BCUT2D eigenvalue weighted by Crippen LogP contribution is 2.40. The van der Waals surface area contributed by atoms with Gasteiger partial charge in [0, 0.05) is 31.7 Å². The van der Waals surface area contributed by atoms with Crippen molar-refractivity contribution in [1.29, 1.82) is 0 Å². The van der Waals surface area contributed by atoms with E-state index in [0.29, 0.717) is 40.8 Å². The first-order valence-corrected chi connectivity index (χ1v) is 18.1. The van der Waals surface area contributed by atoms with E-state index in [4.69, 9.17) is 9.47 Å². The Labute approximate surface area is 272 Å². The Morgan fingerprint density at radius 3 is 2.29 bits per heavy atom. The molecule has 2 aliphatic rings. The topological polar surface area (TPSA) is 79.4 Å². The first-order chi connectivity index (χ1) is 21.5. The van der Waals surface area contributed by atoms with Crippen molar-refractivity contribution in [2.45, 2.75) is 94.5 Å². The number of piperidine rings is 1. The van der Waals surface area contributed by atoms with Gasteiger partial charge in [0.25, 0.3) is 0 Å². The van der Waals surface area contributed by atoms with Gasteiger partial charge in [-0.05, 0) is 120 Å². The number of ether oxygens (including phenoxy) is 2. The van der Waals surface area contributed by atoms with Crippen molar-refractivity contribution < 1.29 is 22.7 Å². The summed E-state index contributed by atoms with van der Waals surface area (Å²) in [4.78, 5) is 17.5. The van der Waals surface area contributed by atoms with Crippen LogP contribution in [0.4, 0.5) is 0 Å². The van der Waals surface area contributed by atoms with Crippen LogP contribution >= 0.6 is 0 Å². The SMILES string of the molecule is COc1cc(C)c(S(=O)(=O)N2CCCCC2COCC(=O)N(C)CCC2CCC(CCc3ccccc3)(N(C)C)CC2)c(C)c1. The summed E-state index contributed by atoms with van der Waals surface area (Å²) in [5.74, 6) is 1.22. The lowest BCUT2D eigenvalue weighted by atomic mass is 9.72. The first kappa shape index (κ1) is 35.4. The second-order valence-electron chi connectivity index (χ2n) is 13.5. The smallest absolute Gasteiger partial charge is 0.248 e. The summed E-state index contributed by atoms with van der Waals surface area (Å²) in [7, 11) is 4.16. The number of nitrogens with zero attached hydrogens (tertiary/aromatic N) is 3. The average Bonchev–Trinajstić information content (AvgIpc) is 3.03. The minimum Gasteiger partial charge on any atom is -0.497 e. The van der Waals surface area contributed by atoms with Crippen LogP contribution < -0.4 is 4.74 Å². The van der Waals surface area contributed by atoms with Gasteiger partial charge in [-0.3, -0.25) is 4.79 Å². The van der Waals surface area contributed by atoms with E-state index < -0.39 is 10.0 Å². The Kier molecular flexibility index (Phi) is 12.5. The normalized spacial score (nSPS) is 22.8. The molecule has 0 N–H and O–H groups in total. The molecule has 0 spiro atoms. The number of hydrogen-bond acceptors (Lipinski definition) is 6. The monoisotopic (exact) mass is 641 g/mol. The summed E-state index contributed by atoms with van der Waals surface area (Å²) in [6.07, 6.45) is 10.5. The van der Waals surface area contributed by atoms with Crippen LogP contribution in [-0.2, 0) is 26.0 Å². The zero-order valence-corrected chi connectivity index (χ0v) is 29.2. The molecule has 0 radical (unpaired) electrons. The maximum absolute atomic E-state index is 13.8. The van der Waals surface area contributed by atoms with Gasteiger partial charge in [-0.1, -0.05) is 36.8 Å². The number of amides is 1. The van der Waals surface area contributed by atoms with E-state index in [1.165, 1.54) is 37.7 Å². The van der Waals surface area contributed by atoms with E-state index in [1.807, 2.05) is 20.9 Å². The number of methoxy groups -OCH3 is 1. The van der Waals surface area contributed by atoms with E-state index in [9.17, 15) is 13.2 Å². The Morgan fingerprint density at radius 2 is 1.67 bits per heavy atom. The summed E-state index contributed by atoms with van der Waals surface area (Å²) in [5, 5.41) is 0. The minimum atomic E-state index is -3.72. The number of hydrogen-bond donors (Lipinski definition) is 0. The summed E-state index contributed by atoms with van der Waals surface area (Å²) < 4.78 is 40.4. The van der Waals surface area contributed by atoms with Crippen molar-refractivity contribution in [2.24, 2.45) is 5.92 Å². The van der Waals surface area contributed by atoms with Crippen LogP contribution in [0.1, 0.15) is 74.5 Å². The number of carbonyl (C=O) groups is 1. The maximum Gasteiger partial charge on any atom is 0.248 e. The number of rotatable bonds is 14. The predicted octanol–water partition coefficient (Wildman–Crippen LogP) is 5.84. The van der Waals surface area contributed by atoms with Crippen molar-refractivity contribution in [2.75, 3.05) is 54.6 Å². The van der Waals surface area contributed by atoms with Gasteiger partial charge in [0.2, 0.25) is 15.9 Å². The number of likely N-dealkylation sites (N-methyl/N-ethyl adjacent to an activating group) is 1. The van der Waals surface area contributed by atoms with Crippen molar-refractivity contribution in [3.8, 4) is 5.75 Å². The molecule has 1 heterocycles. The lowest BCUT2D eigenvalue weighted by Crippen LogP contribution is -2.47. The Bertz CT molecular complexity index is 1330. The Hall–Kier alpha value is -2.46.